The topological polar surface area (TPSA) is 112 Å². The van der Waals surface area contributed by atoms with Gasteiger partial charge in [-0.2, -0.15) is 0 Å². The maximum absolute atomic E-state index is 12.3. The molecule has 10 nitrogen and oxygen atoms in total. The first-order valence-corrected chi connectivity index (χ1v) is 18.3. The molecule has 0 aliphatic rings. The molecule has 0 saturated carbocycles. The molecule has 0 aromatic heterocycles. The molecule has 2 amide bonds. The first-order valence-electron chi connectivity index (χ1n) is 18.3. The Bertz CT molecular complexity index is 702. The molecule has 0 N–H and O–H groups in total. The molecular formula is C36H68N2O8. The highest BCUT2D eigenvalue weighted by atomic mass is 16.5. The van der Waals surface area contributed by atoms with Gasteiger partial charge in [0.1, 0.15) is 13.2 Å². The number of nitrogens with zero attached hydrogens (tertiary/aromatic N) is 2. The van der Waals surface area contributed by atoms with E-state index in [1.165, 1.54) is 64.2 Å². The first-order chi connectivity index (χ1) is 22.3. The lowest BCUT2D eigenvalue weighted by Gasteiger charge is -2.18. The third-order valence-electron chi connectivity index (χ3n) is 8.03. The van der Waals surface area contributed by atoms with Crippen molar-refractivity contribution in [2.45, 2.75) is 142 Å². The molecule has 0 fully saturated rings. The van der Waals surface area contributed by atoms with Crippen LogP contribution in [-0.4, -0.2) is 100 Å². The van der Waals surface area contributed by atoms with Gasteiger partial charge in [-0.25, -0.2) is 0 Å². The van der Waals surface area contributed by atoms with E-state index in [4.69, 9.17) is 18.9 Å². The third-order valence-corrected chi connectivity index (χ3v) is 8.03. The number of carbonyl (C=O) groups is 4. The molecule has 0 saturated heterocycles. The van der Waals surface area contributed by atoms with Crippen molar-refractivity contribution in [2.75, 3.05) is 66.8 Å². The number of hydrogen-bond acceptors (Lipinski definition) is 8. The summed E-state index contributed by atoms with van der Waals surface area (Å²) < 4.78 is 20.8. The van der Waals surface area contributed by atoms with Crippen LogP contribution in [0.1, 0.15) is 142 Å². The van der Waals surface area contributed by atoms with Gasteiger partial charge >= 0.3 is 11.9 Å². The van der Waals surface area contributed by atoms with Crippen molar-refractivity contribution >= 4 is 23.8 Å². The summed E-state index contributed by atoms with van der Waals surface area (Å²) in [5, 5.41) is 0. The van der Waals surface area contributed by atoms with Crippen molar-refractivity contribution in [1.29, 1.82) is 0 Å². The number of likely N-dealkylation sites (N-methyl/N-ethyl adjacent to an activating group) is 2. The van der Waals surface area contributed by atoms with E-state index in [0.29, 0.717) is 26.1 Å². The summed E-state index contributed by atoms with van der Waals surface area (Å²) in [6.07, 6.45) is 21.2. The van der Waals surface area contributed by atoms with Gasteiger partial charge < -0.3 is 28.7 Å². The van der Waals surface area contributed by atoms with Crippen molar-refractivity contribution in [2.24, 2.45) is 0 Å². The van der Waals surface area contributed by atoms with Crippen molar-refractivity contribution in [3.8, 4) is 0 Å². The number of rotatable bonds is 33. The molecule has 0 aromatic carbocycles. The molecule has 0 unspecified atom stereocenters. The predicted molar refractivity (Wildman–Crippen MR) is 183 cm³/mol. The second-order valence-corrected chi connectivity index (χ2v) is 12.2. The Balaban J connectivity index is 3.52. The number of carbonyl (C=O) groups excluding carboxylic acids is 4. The lowest BCUT2D eigenvalue weighted by atomic mass is 10.1. The smallest absolute Gasteiger partial charge is 0.305 e. The number of unbranched alkanes of at least 4 members (excludes halogenated alkanes) is 16. The monoisotopic (exact) mass is 656 g/mol. The standard InChI is InChI=1S/C36H68N2O8/c1-5-45-35(41)25-21-17-13-9-7-11-15-19-23-27-37(3)33(39)31-43-29-30-44-32-34(40)38(4)28-24-20-16-12-8-10-14-18-22-26-36(42)46-6-2/h5-32H2,1-4H3. The summed E-state index contributed by atoms with van der Waals surface area (Å²) in [5.74, 6) is -0.247. The normalized spacial score (nSPS) is 11.0. The Morgan fingerprint density at radius 2 is 0.717 bits per heavy atom. The van der Waals surface area contributed by atoms with Gasteiger partial charge in [0.2, 0.25) is 11.8 Å². The van der Waals surface area contributed by atoms with Crippen LogP contribution in [0.15, 0.2) is 0 Å². The van der Waals surface area contributed by atoms with E-state index in [1.807, 2.05) is 27.9 Å². The van der Waals surface area contributed by atoms with Gasteiger partial charge in [-0.3, -0.25) is 19.2 Å². The summed E-state index contributed by atoms with van der Waals surface area (Å²) in [6, 6.07) is 0. The summed E-state index contributed by atoms with van der Waals surface area (Å²) in [6.45, 7) is 6.67. The minimum Gasteiger partial charge on any atom is -0.466 e. The van der Waals surface area contributed by atoms with E-state index in [1.54, 1.807) is 9.80 Å². The minimum atomic E-state index is -0.0864. The fraction of sp³-hybridized carbons (Fsp3) is 0.889. The highest BCUT2D eigenvalue weighted by Gasteiger charge is 2.10. The average Bonchev–Trinajstić information content (AvgIpc) is 3.03. The highest BCUT2D eigenvalue weighted by molar-refractivity contribution is 5.77. The summed E-state index contributed by atoms with van der Waals surface area (Å²) in [5.41, 5.74) is 0. The zero-order chi connectivity index (χ0) is 34.1. The van der Waals surface area contributed by atoms with Crippen molar-refractivity contribution in [3.05, 3.63) is 0 Å². The first kappa shape index (κ1) is 43.8. The van der Waals surface area contributed by atoms with Crippen molar-refractivity contribution in [1.82, 2.24) is 9.80 Å². The van der Waals surface area contributed by atoms with Crippen molar-refractivity contribution in [3.63, 3.8) is 0 Å². The summed E-state index contributed by atoms with van der Waals surface area (Å²) >= 11 is 0. The van der Waals surface area contributed by atoms with Crippen LogP contribution in [0.4, 0.5) is 0 Å². The molecule has 0 heterocycles. The average molecular weight is 657 g/mol. The van der Waals surface area contributed by atoms with Crippen LogP contribution < -0.4 is 0 Å². The van der Waals surface area contributed by atoms with Gasteiger partial charge in [0.15, 0.2) is 0 Å². The van der Waals surface area contributed by atoms with Crippen LogP contribution >= 0.6 is 0 Å². The predicted octanol–water partition coefficient (Wildman–Crippen LogP) is 6.86. The lowest BCUT2D eigenvalue weighted by Crippen LogP contribution is -2.32. The van der Waals surface area contributed by atoms with Gasteiger partial charge in [-0.1, -0.05) is 89.9 Å². The molecule has 0 bridgehead atoms. The van der Waals surface area contributed by atoms with E-state index in [9.17, 15) is 19.2 Å². The lowest BCUT2D eigenvalue weighted by molar-refractivity contribution is -0.144. The van der Waals surface area contributed by atoms with E-state index in [2.05, 4.69) is 0 Å². The molecule has 270 valence electrons. The fourth-order valence-corrected chi connectivity index (χ4v) is 5.08. The van der Waals surface area contributed by atoms with Crippen LogP contribution in [0.25, 0.3) is 0 Å². The number of esters is 2. The van der Waals surface area contributed by atoms with Gasteiger partial charge in [0.05, 0.1) is 26.4 Å². The van der Waals surface area contributed by atoms with Crippen LogP contribution in [0.3, 0.4) is 0 Å². The van der Waals surface area contributed by atoms with Gasteiger partial charge in [-0.05, 0) is 39.5 Å². The fourth-order valence-electron chi connectivity index (χ4n) is 5.08. The van der Waals surface area contributed by atoms with E-state index >= 15 is 0 Å². The molecule has 0 radical (unpaired) electrons. The molecule has 0 rings (SSSR count). The van der Waals surface area contributed by atoms with Crippen LogP contribution in [0, 0.1) is 0 Å². The zero-order valence-electron chi connectivity index (χ0n) is 30.0. The Labute approximate surface area is 280 Å². The van der Waals surface area contributed by atoms with E-state index in [-0.39, 0.29) is 50.2 Å². The number of hydrogen-bond donors (Lipinski definition) is 0. The largest absolute Gasteiger partial charge is 0.466 e. The second kappa shape index (κ2) is 32.7. The quantitative estimate of drug-likeness (QED) is 0.0556. The summed E-state index contributed by atoms with van der Waals surface area (Å²) in [7, 11) is 3.62. The Kier molecular flexibility index (Phi) is 31.2. The van der Waals surface area contributed by atoms with Crippen molar-refractivity contribution < 1.29 is 38.1 Å². The number of ether oxygens (including phenoxy) is 4. The maximum atomic E-state index is 12.3. The molecule has 46 heavy (non-hydrogen) atoms. The van der Waals surface area contributed by atoms with Gasteiger partial charge in [-0.15, -0.1) is 0 Å². The highest BCUT2D eigenvalue weighted by Crippen LogP contribution is 2.12. The molecule has 0 aromatic rings. The molecule has 10 heteroatoms. The molecular weight excluding hydrogens is 588 g/mol. The Morgan fingerprint density at radius 3 is 1.02 bits per heavy atom. The maximum Gasteiger partial charge on any atom is 0.305 e. The molecule has 0 aliphatic carbocycles. The molecule has 0 aliphatic heterocycles. The molecule has 0 spiro atoms. The second-order valence-electron chi connectivity index (χ2n) is 12.2. The summed E-state index contributed by atoms with van der Waals surface area (Å²) in [4.78, 5) is 50.6. The van der Waals surface area contributed by atoms with E-state index in [0.717, 1.165) is 64.5 Å². The Morgan fingerprint density at radius 1 is 0.435 bits per heavy atom. The van der Waals surface area contributed by atoms with E-state index < -0.39 is 0 Å². The minimum absolute atomic E-state index is 0.0271. The number of amides is 2. The van der Waals surface area contributed by atoms with Gasteiger partial charge in [0, 0.05) is 40.0 Å². The Hall–Kier alpha value is -2.20. The third kappa shape index (κ3) is 29.2. The zero-order valence-corrected chi connectivity index (χ0v) is 30.0. The molecule has 0 atom stereocenters. The van der Waals surface area contributed by atoms with Gasteiger partial charge in [0.25, 0.3) is 0 Å². The van der Waals surface area contributed by atoms with Crippen LogP contribution in [0.2, 0.25) is 0 Å². The van der Waals surface area contributed by atoms with Crippen LogP contribution in [-0.2, 0) is 38.1 Å². The SMILES string of the molecule is CCOC(=O)CCCCCCCCCCCN(C)C(=O)COCCOCC(=O)N(C)CCCCCCCCCCCC(=O)OCC. The van der Waals surface area contributed by atoms with Crippen LogP contribution in [0.5, 0.6) is 0 Å².